The van der Waals surface area contributed by atoms with E-state index in [-0.39, 0.29) is 0 Å². The largest absolute Gasteiger partial charge is 0.493 e. The highest BCUT2D eigenvalue weighted by atomic mass is 16.5. The average Bonchev–Trinajstić information content (AvgIpc) is 2.43. The van der Waals surface area contributed by atoms with Crippen molar-refractivity contribution in [1.82, 2.24) is 10.2 Å². The van der Waals surface area contributed by atoms with Gasteiger partial charge in [-0.25, -0.2) is 0 Å². The Morgan fingerprint density at radius 3 is 2.05 bits per heavy atom. The van der Waals surface area contributed by atoms with Gasteiger partial charge in [-0.15, -0.1) is 0 Å². The predicted octanol–water partition coefficient (Wildman–Crippen LogP) is 1.51. The molecule has 5 nitrogen and oxygen atoms in total. The minimum atomic E-state index is 0.624. The molecule has 5 heteroatoms. The summed E-state index contributed by atoms with van der Waals surface area (Å²) in [6.07, 6.45) is 0. The van der Waals surface area contributed by atoms with Gasteiger partial charge in [0.25, 0.3) is 0 Å². The Bertz CT molecular complexity index is 422. The lowest BCUT2D eigenvalue weighted by molar-refractivity contribution is 0.145. The Morgan fingerprint density at radius 2 is 1.70 bits per heavy atom. The average molecular weight is 280 g/mol. The smallest absolute Gasteiger partial charge is 0.203 e. The summed E-state index contributed by atoms with van der Waals surface area (Å²) in [4.78, 5) is 2.46. The van der Waals surface area contributed by atoms with E-state index in [2.05, 4.69) is 17.1 Å². The molecule has 0 bridgehead atoms. The molecule has 1 N–H and O–H groups in total. The third-order valence-electron chi connectivity index (χ3n) is 3.79. The van der Waals surface area contributed by atoms with E-state index in [1.165, 1.54) is 5.56 Å². The van der Waals surface area contributed by atoms with Gasteiger partial charge in [0.15, 0.2) is 11.5 Å². The highest BCUT2D eigenvalue weighted by Gasteiger charge is 2.24. The van der Waals surface area contributed by atoms with Gasteiger partial charge in [0.2, 0.25) is 5.75 Å². The molecular weight excluding hydrogens is 256 g/mol. The molecule has 1 aromatic carbocycles. The van der Waals surface area contributed by atoms with E-state index in [9.17, 15) is 0 Å². The first-order chi connectivity index (χ1) is 9.73. The zero-order chi connectivity index (χ0) is 14.5. The van der Waals surface area contributed by atoms with Gasteiger partial charge in [-0.1, -0.05) is 6.92 Å². The molecular formula is C15H24N2O3. The fraction of sp³-hybridized carbons (Fsp3) is 0.600. The summed E-state index contributed by atoms with van der Waals surface area (Å²) in [7, 11) is 4.92. The SMILES string of the molecule is CCN(Cc1cc(OC)c(OC)c(OC)c1)C1CNC1. The van der Waals surface area contributed by atoms with Crippen LogP contribution in [-0.2, 0) is 6.54 Å². The van der Waals surface area contributed by atoms with Crippen LogP contribution in [-0.4, -0.2) is 51.9 Å². The molecule has 1 fully saturated rings. The molecule has 2 rings (SSSR count). The maximum atomic E-state index is 5.40. The van der Waals surface area contributed by atoms with Gasteiger partial charge in [0, 0.05) is 25.7 Å². The summed E-state index contributed by atoms with van der Waals surface area (Å²) in [5, 5.41) is 3.31. The van der Waals surface area contributed by atoms with Crippen LogP contribution in [0, 0.1) is 0 Å². The normalized spacial score (nSPS) is 15.1. The molecule has 0 unspecified atom stereocenters. The van der Waals surface area contributed by atoms with E-state index in [0.29, 0.717) is 23.3 Å². The third kappa shape index (κ3) is 2.99. The molecule has 1 heterocycles. The molecule has 1 aliphatic rings. The van der Waals surface area contributed by atoms with Crippen LogP contribution in [0.3, 0.4) is 0 Å². The molecule has 1 aliphatic heterocycles. The number of benzene rings is 1. The summed E-state index contributed by atoms with van der Waals surface area (Å²) in [5.74, 6) is 2.07. The monoisotopic (exact) mass is 280 g/mol. The van der Waals surface area contributed by atoms with Gasteiger partial charge >= 0.3 is 0 Å². The summed E-state index contributed by atoms with van der Waals surface area (Å²) >= 11 is 0. The van der Waals surface area contributed by atoms with Gasteiger partial charge in [-0.2, -0.15) is 0 Å². The van der Waals surface area contributed by atoms with Crippen LogP contribution >= 0.6 is 0 Å². The Morgan fingerprint density at radius 1 is 1.10 bits per heavy atom. The van der Waals surface area contributed by atoms with E-state index in [0.717, 1.165) is 26.2 Å². The van der Waals surface area contributed by atoms with Crippen molar-refractivity contribution >= 4 is 0 Å². The first kappa shape index (κ1) is 14.9. The van der Waals surface area contributed by atoms with Crippen LogP contribution in [0.15, 0.2) is 12.1 Å². The van der Waals surface area contributed by atoms with Crippen LogP contribution < -0.4 is 19.5 Å². The highest BCUT2D eigenvalue weighted by Crippen LogP contribution is 2.38. The molecule has 20 heavy (non-hydrogen) atoms. The van der Waals surface area contributed by atoms with Gasteiger partial charge in [-0.3, -0.25) is 4.90 Å². The number of likely N-dealkylation sites (N-methyl/N-ethyl adjacent to an activating group) is 1. The van der Waals surface area contributed by atoms with Crippen LogP contribution in [0.25, 0.3) is 0 Å². The quantitative estimate of drug-likeness (QED) is 0.820. The molecule has 1 aromatic rings. The number of nitrogens with one attached hydrogen (secondary N) is 1. The number of hydrogen-bond donors (Lipinski definition) is 1. The van der Waals surface area contributed by atoms with Gasteiger partial charge in [-0.05, 0) is 24.2 Å². The lowest BCUT2D eigenvalue weighted by atomic mass is 10.1. The molecule has 0 aliphatic carbocycles. The molecule has 0 spiro atoms. The Kier molecular flexibility index (Phi) is 5.09. The Balaban J connectivity index is 2.22. The molecule has 0 aromatic heterocycles. The molecule has 112 valence electrons. The Hall–Kier alpha value is -1.46. The van der Waals surface area contributed by atoms with Crippen molar-refractivity contribution in [2.75, 3.05) is 41.0 Å². The number of ether oxygens (including phenoxy) is 3. The fourth-order valence-electron chi connectivity index (χ4n) is 2.49. The lowest BCUT2D eigenvalue weighted by Gasteiger charge is -2.37. The maximum absolute atomic E-state index is 5.40. The second-order valence-electron chi connectivity index (χ2n) is 4.91. The minimum Gasteiger partial charge on any atom is -0.493 e. The van der Waals surface area contributed by atoms with Crippen molar-refractivity contribution in [3.8, 4) is 17.2 Å². The van der Waals surface area contributed by atoms with Crippen molar-refractivity contribution in [3.63, 3.8) is 0 Å². The summed E-state index contributed by atoms with van der Waals surface area (Å²) < 4.78 is 16.1. The van der Waals surface area contributed by atoms with Crippen molar-refractivity contribution in [2.45, 2.75) is 19.5 Å². The standard InChI is InChI=1S/C15H24N2O3/c1-5-17(12-8-16-9-12)10-11-6-13(18-2)15(20-4)14(7-11)19-3/h6-7,12,16H,5,8-10H2,1-4H3. The number of nitrogens with zero attached hydrogens (tertiary/aromatic N) is 1. The van der Waals surface area contributed by atoms with E-state index >= 15 is 0 Å². The summed E-state index contributed by atoms with van der Waals surface area (Å²) in [6.45, 7) is 6.25. The molecule has 0 atom stereocenters. The van der Waals surface area contributed by atoms with Crippen LogP contribution in [0.5, 0.6) is 17.2 Å². The minimum absolute atomic E-state index is 0.624. The molecule has 1 saturated heterocycles. The topological polar surface area (TPSA) is 43.0 Å². The summed E-state index contributed by atoms with van der Waals surface area (Å²) in [5.41, 5.74) is 1.17. The zero-order valence-electron chi connectivity index (χ0n) is 12.7. The van der Waals surface area contributed by atoms with Gasteiger partial charge in [0.1, 0.15) is 0 Å². The highest BCUT2D eigenvalue weighted by molar-refractivity contribution is 5.53. The maximum Gasteiger partial charge on any atom is 0.203 e. The first-order valence-corrected chi connectivity index (χ1v) is 6.97. The summed E-state index contributed by atoms with van der Waals surface area (Å²) in [6, 6.07) is 4.67. The van der Waals surface area contributed by atoms with Crippen LogP contribution in [0.4, 0.5) is 0 Å². The number of rotatable bonds is 7. The van der Waals surface area contributed by atoms with Crippen molar-refractivity contribution in [2.24, 2.45) is 0 Å². The fourth-order valence-corrected chi connectivity index (χ4v) is 2.49. The van der Waals surface area contributed by atoms with E-state index in [4.69, 9.17) is 14.2 Å². The Labute approximate surface area is 120 Å². The number of hydrogen-bond acceptors (Lipinski definition) is 5. The van der Waals surface area contributed by atoms with Gasteiger partial charge in [0.05, 0.1) is 21.3 Å². The second kappa shape index (κ2) is 6.81. The second-order valence-corrected chi connectivity index (χ2v) is 4.91. The molecule has 0 radical (unpaired) electrons. The van der Waals surface area contributed by atoms with Gasteiger partial charge < -0.3 is 19.5 Å². The zero-order valence-corrected chi connectivity index (χ0v) is 12.7. The first-order valence-electron chi connectivity index (χ1n) is 6.97. The van der Waals surface area contributed by atoms with Crippen LogP contribution in [0.2, 0.25) is 0 Å². The van der Waals surface area contributed by atoms with Crippen molar-refractivity contribution < 1.29 is 14.2 Å². The van der Waals surface area contributed by atoms with E-state index in [1.807, 2.05) is 12.1 Å². The number of methoxy groups -OCH3 is 3. The van der Waals surface area contributed by atoms with Crippen LogP contribution in [0.1, 0.15) is 12.5 Å². The lowest BCUT2D eigenvalue weighted by Crippen LogP contribution is -2.56. The van der Waals surface area contributed by atoms with E-state index in [1.54, 1.807) is 21.3 Å². The van der Waals surface area contributed by atoms with Crippen molar-refractivity contribution in [1.29, 1.82) is 0 Å². The predicted molar refractivity (Wildman–Crippen MR) is 78.8 cm³/mol. The third-order valence-corrected chi connectivity index (χ3v) is 3.79. The molecule has 0 amide bonds. The van der Waals surface area contributed by atoms with Crippen molar-refractivity contribution in [3.05, 3.63) is 17.7 Å². The molecule has 0 saturated carbocycles. The van der Waals surface area contributed by atoms with E-state index < -0.39 is 0 Å².